The third kappa shape index (κ3) is 9.45. The van der Waals surface area contributed by atoms with Gasteiger partial charge in [-0.3, -0.25) is 19.4 Å². The summed E-state index contributed by atoms with van der Waals surface area (Å²) in [5, 5.41) is 18.3. The molecule has 14 heteroatoms. The van der Waals surface area contributed by atoms with Crippen LogP contribution in [0.1, 0.15) is 38.7 Å². The summed E-state index contributed by atoms with van der Waals surface area (Å²) in [4.78, 5) is 57.9. The molecule has 1 aromatic heterocycles. The van der Waals surface area contributed by atoms with E-state index in [1.54, 1.807) is 6.20 Å². The number of carbonyl (C=O) groups excluding carboxylic acids is 3. The standard InChI is InChI=1S/C26H40N8O5S/c1-3-14(2)21(27)24(37)32-18(9-6-10-30-26(28)29)22(35)34-20(13-40)23(36)33-19(25(38)39)11-15-12-31-17-8-5-4-7-16(15)17/h4-5,7-8,12,14,18-21,31,40H,3,6,9-11,13,27H2,1-2H3,(H,32,37)(H,33,36)(H,34,35)(H,38,39)(H4,28,29,30). The summed E-state index contributed by atoms with van der Waals surface area (Å²) in [6, 6.07) is 3.12. The highest BCUT2D eigenvalue weighted by Gasteiger charge is 2.30. The zero-order chi connectivity index (χ0) is 29.8. The molecule has 0 spiro atoms. The van der Waals surface area contributed by atoms with Gasteiger partial charge in [0, 0.05) is 35.8 Å². The van der Waals surface area contributed by atoms with Crippen molar-refractivity contribution in [3.8, 4) is 0 Å². The first-order chi connectivity index (χ1) is 19.0. The van der Waals surface area contributed by atoms with Gasteiger partial charge in [0.15, 0.2) is 5.96 Å². The zero-order valence-corrected chi connectivity index (χ0v) is 23.6. The highest BCUT2D eigenvalue weighted by molar-refractivity contribution is 7.80. The van der Waals surface area contributed by atoms with Crippen LogP contribution in [-0.2, 0) is 25.6 Å². The van der Waals surface area contributed by atoms with Crippen LogP contribution < -0.4 is 33.2 Å². The van der Waals surface area contributed by atoms with Crippen LogP contribution in [0.3, 0.4) is 0 Å². The van der Waals surface area contributed by atoms with Gasteiger partial charge in [0.1, 0.15) is 18.1 Å². The predicted octanol–water partition coefficient (Wildman–Crippen LogP) is -0.394. The summed E-state index contributed by atoms with van der Waals surface area (Å²) in [6.07, 6.45) is 2.92. The number of aliphatic imine (C=N–C) groups is 1. The third-order valence-corrected chi connectivity index (χ3v) is 7.03. The summed E-state index contributed by atoms with van der Waals surface area (Å²) < 4.78 is 0. The third-order valence-electron chi connectivity index (χ3n) is 6.67. The van der Waals surface area contributed by atoms with Crippen molar-refractivity contribution in [1.82, 2.24) is 20.9 Å². The van der Waals surface area contributed by atoms with Crippen molar-refractivity contribution >= 4 is 53.2 Å². The van der Waals surface area contributed by atoms with Gasteiger partial charge < -0.3 is 43.2 Å². The van der Waals surface area contributed by atoms with Gasteiger partial charge in [0.05, 0.1) is 6.04 Å². The van der Waals surface area contributed by atoms with E-state index in [4.69, 9.17) is 17.2 Å². The summed E-state index contributed by atoms with van der Waals surface area (Å²) in [6.45, 7) is 3.95. The highest BCUT2D eigenvalue weighted by atomic mass is 32.1. The molecular formula is C26H40N8O5S. The topological polar surface area (TPSA) is 231 Å². The maximum absolute atomic E-state index is 13.2. The molecule has 0 aliphatic heterocycles. The number of benzene rings is 1. The average Bonchev–Trinajstić information content (AvgIpc) is 3.34. The number of amides is 3. The molecule has 0 aliphatic carbocycles. The molecule has 2 aromatic rings. The zero-order valence-electron chi connectivity index (χ0n) is 22.7. The van der Waals surface area contributed by atoms with E-state index in [1.165, 1.54) is 0 Å². The van der Waals surface area contributed by atoms with Crippen LogP contribution in [0.15, 0.2) is 35.5 Å². The number of H-pyrrole nitrogens is 1. The first-order valence-corrected chi connectivity index (χ1v) is 13.7. The van der Waals surface area contributed by atoms with Gasteiger partial charge in [-0.15, -0.1) is 0 Å². The molecular weight excluding hydrogens is 536 g/mol. The smallest absolute Gasteiger partial charge is 0.326 e. The number of fused-ring (bicyclic) bond motifs is 1. The molecule has 0 fully saturated rings. The number of guanidine groups is 1. The molecule has 0 aliphatic rings. The largest absolute Gasteiger partial charge is 0.480 e. The van der Waals surface area contributed by atoms with Gasteiger partial charge in [-0.1, -0.05) is 38.5 Å². The first-order valence-electron chi connectivity index (χ1n) is 13.1. The van der Waals surface area contributed by atoms with E-state index in [9.17, 15) is 24.3 Å². The number of para-hydroxylation sites is 1. The van der Waals surface area contributed by atoms with Crippen LogP contribution in [0.4, 0.5) is 0 Å². The Hall–Kier alpha value is -3.78. The van der Waals surface area contributed by atoms with Crippen molar-refractivity contribution < 1.29 is 24.3 Å². The Balaban J connectivity index is 2.12. The molecule has 0 bridgehead atoms. The van der Waals surface area contributed by atoms with Crippen LogP contribution >= 0.6 is 12.6 Å². The molecule has 0 saturated carbocycles. The monoisotopic (exact) mass is 576 g/mol. The second kappa shape index (κ2) is 15.7. The van der Waals surface area contributed by atoms with Crippen molar-refractivity contribution in [2.24, 2.45) is 28.1 Å². The Morgan fingerprint density at radius 3 is 2.27 bits per heavy atom. The predicted molar refractivity (Wildman–Crippen MR) is 157 cm³/mol. The number of aliphatic carboxylic acids is 1. The fourth-order valence-electron chi connectivity index (χ4n) is 4.01. The second-order valence-electron chi connectivity index (χ2n) is 9.63. The van der Waals surface area contributed by atoms with E-state index >= 15 is 0 Å². The molecule has 1 aromatic carbocycles. The number of aromatic nitrogens is 1. The number of nitrogens with two attached hydrogens (primary N) is 3. The first kappa shape index (κ1) is 32.4. The Kier molecular flexibility index (Phi) is 12.7. The lowest BCUT2D eigenvalue weighted by Crippen LogP contribution is -2.58. The van der Waals surface area contributed by atoms with E-state index in [1.807, 2.05) is 38.1 Å². The van der Waals surface area contributed by atoms with Crippen molar-refractivity contribution in [2.75, 3.05) is 12.3 Å². The molecule has 5 unspecified atom stereocenters. The lowest BCUT2D eigenvalue weighted by atomic mass is 9.98. The van der Waals surface area contributed by atoms with Gasteiger partial charge in [-0.05, 0) is 30.4 Å². The number of rotatable bonds is 16. The minimum atomic E-state index is -1.25. The average molecular weight is 577 g/mol. The van der Waals surface area contributed by atoms with E-state index < -0.39 is 47.9 Å². The van der Waals surface area contributed by atoms with Crippen LogP contribution in [-0.4, -0.2) is 76.2 Å². The molecule has 5 atom stereocenters. The molecule has 40 heavy (non-hydrogen) atoms. The number of hydrogen-bond donors (Lipinski definition) is 9. The van der Waals surface area contributed by atoms with Gasteiger partial charge in [-0.2, -0.15) is 12.6 Å². The van der Waals surface area contributed by atoms with Crippen molar-refractivity contribution in [1.29, 1.82) is 0 Å². The van der Waals surface area contributed by atoms with Crippen molar-refractivity contribution in [3.63, 3.8) is 0 Å². The molecule has 220 valence electrons. The Bertz CT molecular complexity index is 1200. The maximum atomic E-state index is 13.2. The minimum Gasteiger partial charge on any atom is -0.480 e. The number of aromatic amines is 1. The lowest BCUT2D eigenvalue weighted by molar-refractivity contribution is -0.142. The number of carboxylic acids is 1. The van der Waals surface area contributed by atoms with Crippen molar-refractivity contribution in [3.05, 3.63) is 36.0 Å². The molecule has 3 amide bonds. The summed E-state index contributed by atoms with van der Waals surface area (Å²) in [5.41, 5.74) is 18.3. The molecule has 0 saturated heterocycles. The number of hydrogen-bond acceptors (Lipinski definition) is 7. The maximum Gasteiger partial charge on any atom is 0.326 e. The van der Waals surface area contributed by atoms with E-state index in [2.05, 4.69) is 38.6 Å². The normalized spacial score (nSPS) is 14.8. The second-order valence-corrected chi connectivity index (χ2v) is 9.99. The fourth-order valence-corrected chi connectivity index (χ4v) is 4.27. The number of carboxylic acid groups (broad SMARTS) is 1. The summed E-state index contributed by atoms with van der Waals surface area (Å²) in [5.74, 6) is -3.44. The minimum absolute atomic E-state index is 0.0231. The number of nitrogens with one attached hydrogen (secondary N) is 4. The quantitative estimate of drug-likeness (QED) is 0.0551. The Morgan fingerprint density at radius 1 is 1.02 bits per heavy atom. The van der Waals surface area contributed by atoms with Gasteiger partial charge in [0.25, 0.3) is 0 Å². The highest BCUT2D eigenvalue weighted by Crippen LogP contribution is 2.19. The van der Waals surface area contributed by atoms with E-state index in [0.29, 0.717) is 12.8 Å². The molecule has 11 N–H and O–H groups in total. The Labute approximate surface area is 238 Å². The molecule has 1 heterocycles. The van der Waals surface area contributed by atoms with Gasteiger partial charge in [0.2, 0.25) is 17.7 Å². The molecule has 13 nitrogen and oxygen atoms in total. The van der Waals surface area contributed by atoms with Crippen molar-refractivity contribution in [2.45, 2.75) is 63.7 Å². The van der Waals surface area contributed by atoms with Crippen LogP contribution in [0, 0.1) is 5.92 Å². The lowest BCUT2D eigenvalue weighted by Gasteiger charge is -2.25. The SMILES string of the molecule is CCC(C)C(N)C(=O)NC(CCCN=C(N)N)C(=O)NC(CS)C(=O)NC(Cc1c[nH]c2ccccc12)C(=O)O. The Morgan fingerprint density at radius 2 is 1.65 bits per heavy atom. The van der Waals surface area contributed by atoms with Gasteiger partial charge in [-0.25, -0.2) is 4.79 Å². The van der Waals surface area contributed by atoms with Crippen LogP contribution in [0.5, 0.6) is 0 Å². The summed E-state index contributed by atoms with van der Waals surface area (Å²) in [7, 11) is 0. The summed E-state index contributed by atoms with van der Waals surface area (Å²) >= 11 is 4.18. The van der Waals surface area contributed by atoms with E-state index in [-0.39, 0.29) is 37.0 Å². The number of nitrogens with zero attached hydrogens (tertiary/aromatic N) is 1. The fraction of sp³-hybridized carbons (Fsp3) is 0.500. The van der Waals surface area contributed by atoms with E-state index in [0.717, 1.165) is 16.5 Å². The van der Waals surface area contributed by atoms with Gasteiger partial charge >= 0.3 is 5.97 Å². The van der Waals surface area contributed by atoms with Crippen LogP contribution in [0.2, 0.25) is 0 Å². The number of carbonyl (C=O) groups is 4. The number of thiol groups is 1. The molecule has 2 rings (SSSR count). The van der Waals surface area contributed by atoms with Crippen LogP contribution in [0.25, 0.3) is 10.9 Å². The molecule has 0 radical (unpaired) electrons.